The molecule has 3 amide bonds. The summed E-state index contributed by atoms with van der Waals surface area (Å²) in [6.07, 6.45) is 12.6. The van der Waals surface area contributed by atoms with Crippen molar-refractivity contribution in [3.63, 3.8) is 0 Å². The van der Waals surface area contributed by atoms with Crippen LogP contribution in [0.2, 0.25) is 0 Å². The van der Waals surface area contributed by atoms with Crippen LogP contribution in [0, 0.1) is 17.8 Å². The van der Waals surface area contributed by atoms with E-state index in [2.05, 4.69) is 22.1 Å². The van der Waals surface area contributed by atoms with Crippen LogP contribution >= 0.6 is 0 Å². The molecule has 5 fully saturated rings. The predicted octanol–water partition coefficient (Wildman–Crippen LogP) is 5.00. The average Bonchev–Trinajstić information content (AvgIpc) is 3.11. The number of carbonyl (C=O) groups excluding carboxylic acids is 2. The molecule has 0 spiro atoms. The number of benzene rings is 1. The number of imide groups is 1. The Morgan fingerprint density at radius 2 is 1.62 bits per heavy atom. The van der Waals surface area contributed by atoms with Gasteiger partial charge in [0.15, 0.2) is 0 Å². The molecule has 2 saturated carbocycles. The molecule has 2 aliphatic carbocycles. The van der Waals surface area contributed by atoms with Crippen LogP contribution in [0.25, 0.3) is 11.0 Å². The van der Waals surface area contributed by atoms with E-state index in [4.69, 9.17) is 0 Å². The fourth-order valence-corrected chi connectivity index (χ4v) is 8.95. The van der Waals surface area contributed by atoms with Crippen LogP contribution in [0.3, 0.4) is 0 Å². The lowest BCUT2D eigenvalue weighted by Gasteiger charge is -2.57. The average molecular weight is 532 g/mol. The number of hydrogen-bond donors (Lipinski definition) is 1. The van der Waals surface area contributed by atoms with E-state index < -0.39 is 17.5 Å². The molecule has 7 rings (SSSR count). The minimum absolute atomic E-state index is 0.00927. The number of fused-ring (bicyclic) bond motifs is 5. The summed E-state index contributed by atoms with van der Waals surface area (Å²) >= 11 is 0. The highest BCUT2D eigenvalue weighted by Gasteiger charge is 2.49. The number of piperidine rings is 2. The molecule has 4 bridgehead atoms. The van der Waals surface area contributed by atoms with Crippen molar-refractivity contribution >= 4 is 28.8 Å². The van der Waals surface area contributed by atoms with E-state index in [-0.39, 0.29) is 17.4 Å². The van der Waals surface area contributed by atoms with Crippen LogP contribution in [0.1, 0.15) is 91.0 Å². The molecule has 2 aromatic rings. The van der Waals surface area contributed by atoms with Gasteiger partial charge in [-0.05, 0) is 88.7 Å². The summed E-state index contributed by atoms with van der Waals surface area (Å²) in [4.78, 5) is 48.7. The van der Waals surface area contributed by atoms with Crippen molar-refractivity contribution in [1.29, 1.82) is 0 Å². The molecule has 5 aliphatic rings. The third kappa shape index (κ3) is 4.04. The Morgan fingerprint density at radius 3 is 2.33 bits per heavy atom. The first kappa shape index (κ1) is 25.2. The van der Waals surface area contributed by atoms with E-state index in [0.29, 0.717) is 29.6 Å². The summed E-state index contributed by atoms with van der Waals surface area (Å²) in [7, 11) is 0. The SMILES string of the molecule is CC1CCC2CC(n3c(=O)c(N4C(=O)NC(C)(C)C4=O)nc4ccccc43)CC1N2C1CC2CCCC(C2)C1. The number of para-hydroxylation sites is 2. The highest BCUT2D eigenvalue weighted by Crippen LogP contribution is 2.48. The number of amides is 3. The second-order valence-corrected chi connectivity index (χ2v) is 13.7. The first-order chi connectivity index (χ1) is 18.7. The number of nitrogens with one attached hydrogen (secondary N) is 1. The number of urea groups is 1. The van der Waals surface area contributed by atoms with E-state index in [1.54, 1.807) is 13.8 Å². The van der Waals surface area contributed by atoms with Gasteiger partial charge in [-0.25, -0.2) is 14.7 Å². The van der Waals surface area contributed by atoms with Gasteiger partial charge in [0.05, 0.1) is 11.0 Å². The summed E-state index contributed by atoms with van der Waals surface area (Å²) < 4.78 is 1.88. The van der Waals surface area contributed by atoms with Crippen LogP contribution < -0.4 is 15.8 Å². The van der Waals surface area contributed by atoms with Gasteiger partial charge in [0.2, 0.25) is 5.82 Å². The van der Waals surface area contributed by atoms with Crippen molar-refractivity contribution in [3.05, 3.63) is 34.6 Å². The molecular weight excluding hydrogens is 490 g/mol. The van der Waals surface area contributed by atoms with Gasteiger partial charge in [0.1, 0.15) is 5.54 Å². The van der Waals surface area contributed by atoms with Crippen molar-refractivity contribution in [1.82, 2.24) is 19.8 Å². The van der Waals surface area contributed by atoms with E-state index in [1.807, 2.05) is 28.8 Å². The van der Waals surface area contributed by atoms with Gasteiger partial charge < -0.3 is 9.88 Å². The number of hydrogen-bond acceptors (Lipinski definition) is 5. The van der Waals surface area contributed by atoms with Crippen LogP contribution in [0.4, 0.5) is 10.6 Å². The summed E-state index contributed by atoms with van der Waals surface area (Å²) in [6.45, 7) is 5.71. The van der Waals surface area contributed by atoms with Crippen LogP contribution in [-0.2, 0) is 4.79 Å². The molecule has 6 unspecified atom stereocenters. The van der Waals surface area contributed by atoms with Crippen LogP contribution in [0.15, 0.2) is 29.1 Å². The monoisotopic (exact) mass is 531 g/mol. The number of carbonyl (C=O) groups is 2. The zero-order valence-electron chi connectivity index (χ0n) is 23.4. The van der Waals surface area contributed by atoms with E-state index in [0.717, 1.165) is 35.1 Å². The Kier molecular flexibility index (Phi) is 5.92. The molecule has 3 aliphatic heterocycles. The standard InChI is InChI=1S/C31H41N5O3/c1-18-11-12-21-16-23(17-26(18)34(21)22-14-19-7-6-8-20(13-19)15-22)35-25-10-5-4-9-24(25)32-27(28(35)37)36-29(38)31(2,3)33-30(36)39/h4-5,9-10,18-23,26H,6-8,11-17H2,1-3H3,(H,33,39). The lowest BCUT2D eigenvalue weighted by atomic mass is 9.67. The maximum atomic E-state index is 14.2. The van der Waals surface area contributed by atoms with Gasteiger partial charge in [-0.3, -0.25) is 14.5 Å². The topological polar surface area (TPSA) is 87.5 Å². The highest BCUT2D eigenvalue weighted by molar-refractivity contribution is 6.22. The van der Waals surface area contributed by atoms with Crippen molar-refractivity contribution < 1.29 is 9.59 Å². The first-order valence-electron chi connectivity index (χ1n) is 15.2. The summed E-state index contributed by atoms with van der Waals surface area (Å²) in [5, 5.41) is 2.71. The van der Waals surface area contributed by atoms with E-state index in [9.17, 15) is 14.4 Å². The minimum atomic E-state index is -1.07. The fourth-order valence-electron chi connectivity index (χ4n) is 8.95. The molecule has 1 N–H and O–H groups in total. The van der Waals surface area contributed by atoms with Gasteiger partial charge in [0.25, 0.3) is 11.5 Å². The Labute approximate surface area is 230 Å². The zero-order valence-corrected chi connectivity index (χ0v) is 23.4. The molecule has 1 aromatic heterocycles. The largest absolute Gasteiger partial charge is 0.331 e. The molecule has 6 atom stereocenters. The summed E-state index contributed by atoms with van der Waals surface area (Å²) in [5.74, 6) is 1.84. The Hall–Kier alpha value is -2.74. The van der Waals surface area contributed by atoms with Gasteiger partial charge in [-0.15, -0.1) is 0 Å². The molecule has 4 heterocycles. The second-order valence-electron chi connectivity index (χ2n) is 13.7. The lowest BCUT2D eigenvalue weighted by Crippen LogP contribution is -2.61. The van der Waals surface area contributed by atoms with Crippen LogP contribution in [-0.4, -0.2) is 50.1 Å². The number of rotatable bonds is 3. The Bertz CT molecular complexity index is 1370. The molecule has 8 heteroatoms. The summed E-state index contributed by atoms with van der Waals surface area (Å²) in [6, 6.07) is 8.67. The molecule has 1 aromatic carbocycles. The van der Waals surface area contributed by atoms with Gasteiger partial charge >= 0.3 is 6.03 Å². The quantitative estimate of drug-likeness (QED) is 0.563. The number of aromatic nitrogens is 2. The van der Waals surface area contributed by atoms with Crippen molar-refractivity contribution in [2.24, 2.45) is 17.8 Å². The smallest absolute Gasteiger partial charge is 0.323 e. The fraction of sp³-hybridized carbons (Fsp3) is 0.677. The lowest BCUT2D eigenvalue weighted by molar-refractivity contribution is -0.121. The molecule has 0 radical (unpaired) electrons. The van der Waals surface area contributed by atoms with Gasteiger partial charge in [-0.2, -0.15) is 0 Å². The zero-order chi connectivity index (χ0) is 27.1. The van der Waals surface area contributed by atoms with E-state index in [1.165, 1.54) is 51.4 Å². The van der Waals surface area contributed by atoms with Gasteiger partial charge in [-0.1, -0.05) is 38.3 Å². The first-order valence-corrected chi connectivity index (χ1v) is 15.2. The molecule has 39 heavy (non-hydrogen) atoms. The number of anilines is 1. The maximum absolute atomic E-state index is 14.2. The normalized spacial score (nSPS) is 36.3. The summed E-state index contributed by atoms with van der Waals surface area (Å²) in [5.41, 5.74) is 0.0102. The van der Waals surface area contributed by atoms with Crippen molar-refractivity contribution in [2.75, 3.05) is 4.90 Å². The predicted molar refractivity (Wildman–Crippen MR) is 151 cm³/mol. The third-order valence-electron chi connectivity index (χ3n) is 10.7. The maximum Gasteiger partial charge on any atom is 0.331 e. The number of nitrogens with zero attached hydrogens (tertiary/aromatic N) is 4. The molecular formula is C31H41N5O3. The minimum Gasteiger partial charge on any atom is -0.323 e. The molecule has 8 nitrogen and oxygen atoms in total. The Morgan fingerprint density at radius 1 is 0.872 bits per heavy atom. The van der Waals surface area contributed by atoms with Crippen molar-refractivity contribution in [3.8, 4) is 0 Å². The van der Waals surface area contributed by atoms with Crippen molar-refractivity contribution in [2.45, 2.75) is 115 Å². The highest BCUT2D eigenvalue weighted by atomic mass is 16.2. The van der Waals surface area contributed by atoms with Crippen LogP contribution in [0.5, 0.6) is 0 Å². The molecule has 208 valence electrons. The van der Waals surface area contributed by atoms with Gasteiger partial charge in [0, 0.05) is 24.2 Å². The Balaban J connectivity index is 1.28. The molecule has 3 saturated heterocycles. The second kappa shape index (κ2) is 9.15. The van der Waals surface area contributed by atoms with E-state index >= 15 is 0 Å². The third-order valence-corrected chi connectivity index (χ3v) is 10.7.